The molecular formula is C16H19FO3. The predicted octanol–water partition coefficient (Wildman–Crippen LogP) is 3.32. The Morgan fingerprint density at radius 2 is 2.00 bits per heavy atom. The molecule has 2 aliphatic carbocycles. The molecular weight excluding hydrogens is 259 g/mol. The Bertz CT molecular complexity index is 485. The van der Waals surface area contributed by atoms with Crippen LogP contribution in [-0.4, -0.2) is 18.2 Å². The molecule has 1 aromatic rings. The van der Waals surface area contributed by atoms with Gasteiger partial charge in [-0.15, -0.1) is 0 Å². The number of benzene rings is 1. The molecule has 2 bridgehead atoms. The van der Waals surface area contributed by atoms with Crippen LogP contribution in [0.1, 0.15) is 32.6 Å². The maximum Gasteiger partial charge on any atom is 0.347 e. The maximum atomic E-state index is 12.8. The highest BCUT2D eigenvalue weighted by Gasteiger charge is 2.42. The molecule has 3 nitrogen and oxygen atoms in total. The average Bonchev–Trinajstić information content (AvgIpc) is 3.03. The molecule has 2 aliphatic rings. The minimum absolute atomic E-state index is 0.0699. The fourth-order valence-electron chi connectivity index (χ4n) is 3.34. The summed E-state index contributed by atoms with van der Waals surface area (Å²) in [4.78, 5) is 12.0. The lowest BCUT2D eigenvalue weighted by Gasteiger charge is -2.23. The summed E-state index contributed by atoms with van der Waals surface area (Å²) in [5.74, 6) is 1.11. The highest BCUT2D eigenvalue weighted by Crippen LogP contribution is 2.45. The van der Waals surface area contributed by atoms with Gasteiger partial charge in [0.05, 0.1) is 0 Å². The van der Waals surface area contributed by atoms with E-state index in [-0.39, 0.29) is 17.9 Å². The van der Waals surface area contributed by atoms with E-state index in [0.29, 0.717) is 11.7 Å². The highest BCUT2D eigenvalue weighted by molar-refractivity contribution is 5.74. The van der Waals surface area contributed by atoms with E-state index >= 15 is 0 Å². The molecule has 108 valence electrons. The van der Waals surface area contributed by atoms with Crippen molar-refractivity contribution in [2.24, 2.45) is 11.8 Å². The molecule has 0 heterocycles. The second kappa shape index (κ2) is 5.43. The number of hydrogen-bond donors (Lipinski definition) is 0. The summed E-state index contributed by atoms with van der Waals surface area (Å²) in [6, 6.07) is 5.64. The molecule has 20 heavy (non-hydrogen) atoms. The van der Waals surface area contributed by atoms with Gasteiger partial charge in [-0.1, -0.05) is 0 Å². The molecule has 0 saturated heterocycles. The molecule has 0 amide bonds. The van der Waals surface area contributed by atoms with Gasteiger partial charge in [0, 0.05) is 0 Å². The number of fused-ring (bicyclic) bond motifs is 2. The van der Waals surface area contributed by atoms with Gasteiger partial charge in [0.25, 0.3) is 0 Å². The van der Waals surface area contributed by atoms with Crippen molar-refractivity contribution in [1.82, 2.24) is 0 Å². The molecule has 0 radical (unpaired) electrons. The number of carbonyl (C=O) groups is 1. The summed E-state index contributed by atoms with van der Waals surface area (Å²) in [6.45, 7) is 1.67. The number of halogens is 1. The molecule has 0 N–H and O–H groups in total. The van der Waals surface area contributed by atoms with Gasteiger partial charge in [-0.25, -0.2) is 9.18 Å². The summed E-state index contributed by atoms with van der Waals surface area (Å²) < 4.78 is 23.8. The lowest BCUT2D eigenvalue weighted by atomic mass is 9.98. The average molecular weight is 278 g/mol. The van der Waals surface area contributed by atoms with E-state index in [9.17, 15) is 9.18 Å². The Hall–Kier alpha value is -1.58. The maximum absolute atomic E-state index is 12.8. The van der Waals surface area contributed by atoms with Gasteiger partial charge in [-0.3, -0.25) is 0 Å². The highest BCUT2D eigenvalue weighted by atomic mass is 19.1. The number of hydrogen-bond acceptors (Lipinski definition) is 3. The SMILES string of the molecule is C[C@@H](Oc1ccc(F)cc1)C(=O)O[C@H]1C[C@H]2CC[C@@H]1C2. The third-order valence-electron chi connectivity index (χ3n) is 4.40. The van der Waals surface area contributed by atoms with Gasteiger partial charge in [0.15, 0.2) is 6.10 Å². The summed E-state index contributed by atoms with van der Waals surface area (Å²) in [5, 5.41) is 0. The van der Waals surface area contributed by atoms with Crippen molar-refractivity contribution in [2.45, 2.75) is 44.8 Å². The van der Waals surface area contributed by atoms with Crippen LogP contribution in [0.5, 0.6) is 5.75 Å². The van der Waals surface area contributed by atoms with Crippen LogP contribution in [0.4, 0.5) is 4.39 Å². The fraction of sp³-hybridized carbons (Fsp3) is 0.562. The van der Waals surface area contributed by atoms with Crippen LogP contribution in [0.3, 0.4) is 0 Å². The van der Waals surface area contributed by atoms with Crippen molar-refractivity contribution in [3.63, 3.8) is 0 Å². The zero-order chi connectivity index (χ0) is 14.1. The van der Waals surface area contributed by atoms with E-state index in [2.05, 4.69) is 0 Å². The van der Waals surface area contributed by atoms with Gasteiger partial charge < -0.3 is 9.47 Å². The van der Waals surface area contributed by atoms with Crippen LogP contribution in [0.25, 0.3) is 0 Å². The van der Waals surface area contributed by atoms with E-state index in [1.54, 1.807) is 6.92 Å². The zero-order valence-electron chi connectivity index (χ0n) is 11.5. The predicted molar refractivity (Wildman–Crippen MR) is 71.8 cm³/mol. The van der Waals surface area contributed by atoms with E-state index in [1.807, 2.05) is 0 Å². The third kappa shape index (κ3) is 2.79. The van der Waals surface area contributed by atoms with E-state index in [4.69, 9.17) is 9.47 Å². The van der Waals surface area contributed by atoms with Gasteiger partial charge in [0.1, 0.15) is 17.7 Å². The number of ether oxygens (including phenoxy) is 2. The molecule has 0 aromatic heterocycles. The first kappa shape index (κ1) is 13.4. The van der Waals surface area contributed by atoms with Gasteiger partial charge >= 0.3 is 5.97 Å². The number of rotatable bonds is 4. The largest absolute Gasteiger partial charge is 0.479 e. The molecule has 0 spiro atoms. The molecule has 3 rings (SSSR count). The second-order valence-corrected chi connectivity index (χ2v) is 5.86. The molecule has 1 aromatic carbocycles. The minimum atomic E-state index is -0.667. The van der Waals surface area contributed by atoms with Crippen molar-refractivity contribution in [2.75, 3.05) is 0 Å². The van der Waals surface area contributed by atoms with Crippen molar-refractivity contribution in [3.8, 4) is 5.75 Å². The smallest absolute Gasteiger partial charge is 0.347 e. The first-order valence-electron chi connectivity index (χ1n) is 7.24. The first-order valence-corrected chi connectivity index (χ1v) is 7.24. The Labute approximate surface area is 118 Å². The van der Waals surface area contributed by atoms with Gasteiger partial charge in [-0.2, -0.15) is 0 Å². The monoisotopic (exact) mass is 278 g/mol. The van der Waals surface area contributed by atoms with Gasteiger partial charge in [0.2, 0.25) is 0 Å². The molecule has 2 fully saturated rings. The number of carbonyl (C=O) groups excluding carboxylic acids is 1. The lowest BCUT2D eigenvalue weighted by Crippen LogP contribution is -2.32. The molecule has 4 atom stereocenters. The Morgan fingerprint density at radius 1 is 1.25 bits per heavy atom. The van der Waals surface area contributed by atoms with Crippen LogP contribution in [0.2, 0.25) is 0 Å². The molecule has 0 unspecified atom stereocenters. The summed E-state index contributed by atoms with van der Waals surface area (Å²) >= 11 is 0. The molecule has 2 saturated carbocycles. The fourth-order valence-corrected chi connectivity index (χ4v) is 3.34. The topological polar surface area (TPSA) is 35.5 Å². The summed E-state index contributed by atoms with van der Waals surface area (Å²) in [7, 11) is 0. The summed E-state index contributed by atoms with van der Waals surface area (Å²) in [6.07, 6.45) is 4.06. The van der Waals surface area contributed by atoms with Crippen molar-refractivity contribution in [3.05, 3.63) is 30.1 Å². The van der Waals surface area contributed by atoms with E-state index < -0.39 is 6.10 Å². The van der Waals surface area contributed by atoms with Crippen molar-refractivity contribution < 1.29 is 18.7 Å². The Balaban J connectivity index is 1.53. The zero-order valence-corrected chi connectivity index (χ0v) is 11.5. The Morgan fingerprint density at radius 3 is 2.60 bits per heavy atom. The Kier molecular flexibility index (Phi) is 3.64. The van der Waals surface area contributed by atoms with Crippen LogP contribution < -0.4 is 4.74 Å². The van der Waals surface area contributed by atoms with E-state index in [1.165, 1.54) is 43.5 Å². The molecule has 4 heteroatoms. The van der Waals surface area contributed by atoms with Crippen molar-refractivity contribution >= 4 is 5.97 Å². The normalized spacial score (nSPS) is 29.2. The minimum Gasteiger partial charge on any atom is -0.479 e. The van der Waals surface area contributed by atoms with Gasteiger partial charge in [-0.05, 0) is 68.7 Å². The van der Waals surface area contributed by atoms with Crippen LogP contribution in [0.15, 0.2) is 24.3 Å². The second-order valence-electron chi connectivity index (χ2n) is 5.86. The standard InChI is InChI=1S/C16H19FO3/c1-10(19-14-6-4-13(17)5-7-14)16(18)20-15-9-11-2-3-12(15)8-11/h4-7,10-12,15H,2-3,8-9H2,1H3/t10-,11+,12-,15+/m1/s1. The third-order valence-corrected chi connectivity index (χ3v) is 4.40. The van der Waals surface area contributed by atoms with Crippen LogP contribution in [-0.2, 0) is 9.53 Å². The summed E-state index contributed by atoms with van der Waals surface area (Å²) in [5.41, 5.74) is 0. The van der Waals surface area contributed by atoms with Crippen LogP contribution in [0, 0.1) is 17.7 Å². The first-order chi connectivity index (χ1) is 9.61. The quantitative estimate of drug-likeness (QED) is 0.792. The van der Waals surface area contributed by atoms with E-state index in [0.717, 1.165) is 12.3 Å². The van der Waals surface area contributed by atoms with Crippen molar-refractivity contribution in [1.29, 1.82) is 0 Å². The molecule has 0 aliphatic heterocycles. The van der Waals surface area contributed by atoms with Crippen LogP contribution >= 0.6 is 0 Å². The number of esters is 1. The lowest BCUT2D eigenvalue weighted by molar-refractivity contribution is -0.159.